The van der Waals surface area contributed by atoms with Gasteiger partial charge in [0.05, 0.1) is 0 Å². The van der Waals surface area contributed by atoms with E-state index >= 15 is 0 Å². The van der Waals surface area contributed by atoms with Gasteiger partial charge < -0.3 is 20.4 Å². The van der Waals surface area contributed by atoms with Crippen LogP contribution in [0.5, 0.6) is 0 Å². The molecule has 1 aliphatic heterocycles. The highest BCUT2D eigenvalue weighted by molar-refractivity contribution is 5.67. The molecule has 1 amide bonds. The Morgan fingerprint density at radius 1 is 1.14 bits per heavy atom. The van der Waals surface area contributed by atoms with Gasteiger partial charge in [-0.05, 0) is 40.5 Å². The molecule has 0 unspecified atom stereocenters. The maximum atomic E-state index is 11.9. The van der Waals surface area contributed by atoms with E-state index in [0.717, 1.165) is 25.7 Å². The number of unbranched alkanes of at least 4 members (excludes halogenated alkanes) is 3. The Labute approximate surface area is 133 Å². The molecule has 0 spiro atoms. The van der Waals surface area contributed by atoms with Gasteiger partial charge in [0.2, 0.25) is 0 Å². The van der Waals surface area contributed by atoms with Crippen LogP contribution in [0.1, 0.15) is 66.2 Å². The van der Waals surface area contributed by atoms with Gasteiger partial charge in [0, 0.05) is 37.1 Å². The van der Waals surface area contributed by atoms with E-state index < -0.39 is 11.1 Å². The summed E-state index contributed by atoms with van der Waals surface area (Å²) in [5.74, 6) is 0. The van der Waals surface area contributed by atoms with Gasteiger partial charge in [-0.1, -0.05) is 12.8 Å². The number of carbonyl (C=O) groups excluding carboxylic acids is 1. The standard InChI is InChI=1S/C16H32N2O4/c1-15(2)11-13(12-16(3,4)18(15)21)22-14(20)17-9-7-5-6-8-10-19/h13,19,21H,5-12H2,1-4H3,(H,17,20). The summed E-state index contributed by atoms with van der Waals surface area (Å²) in [6, 6.07) is 0. The van der Waals surface area contributed by atoms with Crippen LogP contribution >= 0.6 is 0 Å². The van der Waals surface area contributed by atoms with E-state index in [0.29, 0.717) is 19.4 Å². The Balaban J connectivity index is 2.32. The SMILES string of the molecule is CC1(C)CC(OC(=O)NCCCCCCO)CC(C)(C)N1O. The molecule has 1 fully saturated rings. The molecular formula is C16H32N2O4. The number of aliphatic hydroxyl groups is 1. The second-order valence-electron chi connectivity index (χ2n) is 7.44. The van der Waals surface area contributed by atoms with Gasteiger partial charge in [0.25, 0.3) is 0 Å². The fourth-order valence-corrected chi connectivity index (χ4v) is 3.24. The highest BCUT2D eigenvalue weighted by Gasteiger charge is 2.46. The van der Waals surface area contributed by atoms with Crippen molar-refractivity contribution in [2.75, 3.05) is 13.2 Å². The Bertz CT molecular complexity index is 340. The van der Waals surface area contributed by atoms with Gasteiger partial charge in [-0.15, -0.1) is 0 Å². The molecule has 1 aliphatic rings. The Morgan fingerprint density at radius 3 is 2.23 bits per heavy atom. The fourth-order valence-electron chi connectivity index (χ4n) is 3.24. The van der Waals surface area contributed by atoms with Gasteiger partial charge >= 0.3 is 6.09 Å². The zero-order chi connectivity index (χ0) is 16.8. The normalized spacial score (nSPS) is 21.5. The molecule has 0 aromatic carbocycles. The van der Waals surface area contributed by atoms with E-state index in [1.165, 1.54) is 5.06 Å². The molecule has 0 bridgehead atoms. The van der Waals surface area contributed by atoms with Crippen molar-refractivity contribution in [3.63, 3.8) is 0 Å². The Hall–Kier alpha value is -0.850. The number of nitrogens with one attached hydrogen (secondary N) is 1. The molecule has 0 radical (unpaired) electrons. The van der Waals surface area contributed by atoms with Crippen molar-refractivity contribution in [1.29, 1.82) is 0 Å². The fraction of sp³-hybridized carbons (Fsp3) is 0.938. The summed E-state index contributed by atoms with van der Waals surface area (Å²) in [6.07, 6.45) is 4.31. The van der Waals surface area contributed by atoms with Crippen LogP contribution in [0.4, 0.5) is 4.79 Å². The van der Waals surface area contributed by atoms with Crippen molar-refractivity contribution >= 4 is 6.09 Å². The van der Waals surface area contributed by atoms with Crippen LogP contribution in [0, 0.1) is 0 Å². The molecule has 3 N–H and O–H groups in total. The number of carbonyl (C=O) groups is 1. The molecule has 6 nitrogen and oxygen atoms in total. The number of hydrogen-bond acceptors (Lipinski definition) is 5. The second kappa shape index (κ2) is 8.13. The maximum absolute atomic E-state index is 11.9. The largest absolute Gasteiger partial charge is 0.446 e. The Kier molecular flexibility index (Phi) is 7.09. The maximum Gasteiger partial charge on any atom is 0.407 e. The van der Waals surface area contributed by atoms with E-state index in [4.69, 9.17) is 9.84 Å². The molecule has 0 aliphatic carbocycles. The summed E-state index contributed by atoms with van der Waals surface area (Å²) in [5, 5.41) is 23.1. The summed E-state index contributed by atoms with van der Waals surface area (Å²) in [4.78, 5) is 11.9. The molecule has 0 aromatic heterocycles. The molecule has 130 valence electrons. The van der Waals surface area contributed by atoms with Crippen molar-refractivity contribution in [2.24, 2.45) is 0 Å². The molecule has 1 rings (SSSR count). The third kappa shape index (κ3) is 5.74. The van der Waals surface area contributed by atoms with E-state index in [1.807, 2.05) is 27.7 Å². The van der Waals surface area contributed by atoms with Crippen LogP contribution in [0.2, 0.25) is 0 Å². The van der Waals surface area contributed by atoms with Crippen molar-refractivity contribution in [1.82, 2.24) is 10.4 Å². The monoisotopic (exact) mass is 316 g/mol. The summed E-state index contributed by atoms with van der Waals surface area (Å²) in [7, 11) is 0. The van der Waals surface area contributed by atoms with E-state index in [2.05, 4.69) is 5.32 Å². The number of ether oxygens (including phenoxy) is 1. The third-order valence-corrected chi connectivity index (χ3v) is 4.23. The van der Waals surface area contributed by atoms with Crippen molar-refractivity contribution in [3.8, 4) is 0 Å². The summed E-state index contributed by atoms with van der Waals surface area (Å²) < 4.78 is 5.51. The van der Waals surface area contributed by atoms with E-state index in [9.17, 15) is 10.0 Å². The summed E-state index contributed by atoms with van der Waals surface area (Å²) in [6.45, 7) is 8.61. The van der Waals surface area contributed by atoms with E-state index in [-0.39, 0.29) is 18.8 Å². The number of nitrogens with zero attached hydrogens (tertiary/aromatic N) is 1. The number of alkyl carbamates (subject to hydrolysis) is 1. The molecule has 1 heterocycles. The topological polar surface area (TPSA) is 82.0 Å². The van der Waals surface area contributed by atoms with Crippen LogP contribution in [-0.2, 0) is 4.74 Å². The summed E-state index contributed by atoms with van der Waals surface area (Å²) >= 11 is 0. The predicted molar refractivity (Wildman–Crippen MR) is 84.8 cm³/mol. The van der Waals surface area contributed by atoms with E-state index in [1.54, 1.807) is 0 Å². The minimum absolute atomic E-state index is 0.192. The lowest BCUT2D eigenvalue weighted by Crippen LogP contribution is -2.60. The molecule has 0 aromatic rings. The van der Waals surface area contributed by atoms with Gasteiger partial charge in [-0.2, -0.15) is 5.06 Å². The Morgan fingerprint density at radius 2 is 1.68 bits per heavy atom. The molecule has 0 saturated carbocycles. The van der Waals surface area contributed by atoms with Crippen LogP contribution < -0.4 is 5.32 Å². The number of aliphatic hydroxyl groups excluding tert-OH is 1. The lowest BCUT2D eigenvalue weighted by Gasteiger charge is -2.50. The van der Waals surface area contributed by atoms with Crippen molar-refractivity contribution in [3.05, 3.63) is 0 Å². The number of hydrogen-bond donors (Lipinski definition) is 3. The zero-order valence-corrected chi connectivity index (χ0v) is 14.4. The molecule has 1 saturated heterocycles. The average molecular weight is 316 g/mol. The van der Waals surface area contributed by atoms with Gasteiger partial charge in [0.15, 0.2) is 0 Å². The highest BCUT2D eigenvalue weighted by atomic mass is 16.6. The number of hydroxylamine groups is 2. The van der Waals surface area contributed by atoms with Crippen LogP contribution in [0.25, 0.3) is 0 Å². The third-order valence-electron chi connectivity index (χ3n) is 4.23. The first-order valence-electron chi connectivity index (χ1n) is 8.23. The quantitative estimate of drug-likeness (QED) is 0.629. The zero-order valence-electron chi connectivity index (χ0n) is 14.4. The van der Waals surface area contributed by atoms with Crippen LogP contribution in [0.3, 0.4) is 0 Å². The first kappa shape index (κ1) is 19.2. The number of piperidine rings is 1. The molecule has 0 atom stereocenters. The second-order valence-corrected chi connectivity index (χ2v) is 7.44. The first-order valence-corrected chi connectivity index (χ1v) is 8.23. The smallest absolute Gasteiger partial charge is 0.407 e. The predicted octanol–water partition coefficient (Wildman–Crippen LogP) is 2.68. The van der Waals surface area contributed by atoms with Gasteiger partial charge in [0.1, 0.15) is 6.10 Å². The highest BCUT2D eigenvalue weighted by Crippen LogP contribution is 2.37. The van der Waals surface area contributed by atoms with Crippen LogP contribution in [-0.4, -0.2) is 51.8 Å². The molecule has 6 heteroatoms. The number of rotatable bonds is 7. The van der Waals surface area contributed by atoms with Crippen molar-refractivity contribution < 1.29 is 19.8 Å². The number of amides is 1. The van der Waals surface area contributed by atoms with Gasteiger partial charge in [-0.3, -0.25) is 0 Å². The van der Waals surface area contributed by atoms with Gasteiger partial charge in [-0.25, -0.2) is 4.79 Å². The average Bonchev–Trinajstić information content (AvgIpc) is 2.39. The minimum Gasteiger partial charge on any atom is -0.446 e. The van der Waals surface area contributed by atoms with Crippen LogP contribution in [0.15, 0.2) is 0 Å². The molecular weight excluding hydrogens is 284 g/mol. The first-order chi connectivity index (χ1) is 10.2. The lowest BCUT2D eigenvalue weighted by atomic mass is 9.80. The summed E-state index contributed by atoms with van der Waals surface area (Å²) in [5.41, 5.74) is -0.839. The molecule has 22 heavy (non-hydrogen) atoms. The van der Waals surface area contributed by atoms with Crippen molar-refractivity contribution in [2.45, 2.75) is 83.4 Å². The minimum atomic E-state index is -0.420. The lowest BCUT2D eigenvalue weighted by molar-refractivity contribution is -0.256.